The molecular formula is C11H8N4. The number of para-hydroxylation sites is 1. The molecule has 4 nitrogen and oxygen atoms in total. The molecule has 2 aromatic rings. The second kappa shape index (κ2) is 3.76. The normalized spacial score (nSPS) is 9.53. The minimum Gasteiger partial charge on any atom is -0.397 e. The van der Waals surface area contributed by atoms with E-state index >= 15 is 0 Å². The number of anilines is 1. The Hall–Kier alpha value is -2.41. The van der Waals surface area contributed by atoms with Crippen LogP contribution in [0.2, 0.25) is 0 Å². The summed E-state index contributed by atoms with van der Waals surface area (Å²) in [4.78, 5) is 8.17. The van der Waals surface area contributed by atoms with Crippen molar-refractivity contribution in [3.05, 3.63) is 42.2 Å². The van der Waals surface area contributed by atoms with Gasteiger partial charge in [-0.1, -0.05) is 6.07 Å². The highest BCUT2D eigenvalue weighted by molar-refractivity contribution is 5.76. The molecule has 0 fully saturated rings. The zero-order valence-corrected chi connectivity index (χ0v) is 7.88. The number of benzene rings is 1. The molecule has 0 amide bonds. The SMILES string of the molecule is N#Cc1cccc(-c2ncccn2)c1N. The maximum atomic E-state index is 8.82. The van der Waals surface area contributed by atoms with Crippen LogP contribution in [0, 0.1) is 11.3 Å². The van der Waals surface area contributed by atoms with E-state index in [4.69, 9.17) is 11.0 Å². The van der Waals surface area contributed by atoms with Crippen molar-refractivity contribution in [2.24, 2.45) is 0 Å². The molecule has 0 spiro atoms. The van der Waals surface area contributed by atoms with Crippen molar-refractivity contribution in [2.45, 2.75) is 0 Å². The number of hydrogen-bond acceptors (Lipinski definition) is 4. The molecule has 2 rings (SSSR count). The van der Waals surface area contributed by atoms with Crippen LogP contribution in [0.25, 0.3) is 11.4 Å². The van der Waals surface area contributed by atoms with E-state index in [1.54, 1.807) is 36.7 Å². The van der Waals surface area contributed by atoms with E-state index in [1.165, 1.54) is 0 Å². The summed E-state index contributed by atoms with van der Waals surface area (Å²) in [5.41, 5.74) is 7.38. The van der Waals surface area contributed by atoms with Crippen LogP contribution in [0.1, 0.15) is 5.56 Å². The number of nitrogen functional groups attached to an aromatic ring is 1. The highest BCUT2D eigenvalue weighted by Gasteiger charge is 2.07. The number of nitrogens with zero attached hydrogens (tertiary/aromatic N) is 3. The van der Waals surface area contributed by atoms with Crippen molar-refractivity contribution >= 4 is 5.69 Å². The highest BCUT2D eigenvalue weighted by atomic mass is 14.9. The molecule has 72 valence electrons. The Bertz CT molecular complexity index is 514. The third-order valence-corrected chi connectivity index (χ3v) is 2.03. The van der Waals surface area contributed by atoms with E-state index in [9.17, 15) is 0 Å². The number of hydrogen-bond donors (Lipinski definition) is 1. The first-order valence-electron chi connectivity index (χ1n) is 4.39. The molecule has 0 aliphatic rings. The number of nitrogens with two attached hydrogens (primary N) is 1. The average Bonchev–Trinajstić information content (AvgIpc) is 2.30. The molecule has 0 bridgehead atoms. The summed E-state index contributed by atoms with van der Waals surface area (Å²) in [7, 11) is 0. The zero-order valence-electron chi connectivity index (χ0n) is 7.88. The van der Waals surface area contributed by atoms with E-state index in [2.05, 4.69) is 9.97 Å². The fraction of sp³-hybridized carbons (Fsp3) is 0. The molecule has 15 heavy (non-hydrogen) atoms. The predicted octanol–water partition coefficient (Wildman–Crippen LogP) is 1.60. The summed E-state index contributed by atoms with van der Waals surface area (Å²) in [6, 6.07) is 8.98. The third-order valence-electron chi connectivity index (χ3n) is 2.03. The fourth-order valence-corrected chi connectivity index (χ4v) is 1.30. The Morgan fingerprint density at radius 1 is 1.13 bits per heavy atom. The fourth-order valence-electron chi connectivity index (χ4n) is 1.30. The first kappa shape index (κ1) is 9.16. The van der Waals surface area contributed by atoms with Gasteiger partial charge in [-0.25, -0.2) is 9.97 Å². The van der Waals surface area contributed by atoms with Gasteiger partial charge in [-0.3, -0.25) is 0 Å². The zero-order chi connectivity index (χ0) is 10.7. The summed E-state index contributed by atoms with van der Waals surface area (Å²) in [5.74, 6) is 0.534. The number of aromatic nitrogens is 2. The quantitative estimate of drug-likeness (QED) is 0.703. The van der Waals surface area contributed by atoms with Crippen LogP contribution in [0.3, 0.4) is 0 Å². The molecule has 0 unspecified atom stereocenters. The van der Waals surface area contributed by atoms with Crippen molar-refractivity contribution in [3.8, 4) is 17.5 Å². The molecule has 0 atom stereocenters. The van der Waals surface area contributed by atoms with Gasteiger partial charge in [-0.15, -0.1) is 0 Å². The smallest absolute Gasteiger partial charge is 0.161 e. The van der Waals surface area contributed by atoms with E-state index in [0.29, 0.717) is 22.6 Å². The molecule has 2 N–H and O–H groups in total. The van der Waals surface area contributed by atoms with Gasteiger partial charge in [0.2, 0.25) is 0 Å². The van der Waals surface area contributed by atoms with Gasteiger partial charge in [0, 0.05) is 18.0 Å². The lowest BCUT2D eigenvalue weighted by atomic mass is 10.1. The van der Waals surface area contributed by atoms with Crippen molar-refractivity contribution in [1.82, 2.24) is 9.97 Å². The van der Waals surface area contributed by atoms with Gasteiger partial charge in [-0.05, 0) is 18.2 Å². The van der Waals surface area contributed by atoms with Crippen molar-refractivity contribution in [1.29, 1.82) is 5.26 Å². The van der Waals surface area contributed by atoms with E-state index in [-0.39, 0.29) is 0 Å². The van der Waals surface area contributed by atoms with E-state index in [0.717, 1.165) is 0 Å². The molecule has 0 aliphatic carbocycles. The topological polar surface area (TPSA) is 75.6 Å². The Morgan fingerprint density at radius 3 is 2.53 bits per heavy atom. The van der Waals surface area contributed by atoms with Gasteiger partial charge in [-0.2, -0.15) is 5.26 Å². The molecular weight excluding hydrogens is 188 g/mol. The van der Waals surface area contributed by atoms with Crippen LogP contribution in [0.15, 0.2) is 36.7 Å². The summed E-state index contributed by atoms with van der Waals surface area (Å²) in [6.45, 7) is 0. The monoisotopic (exact) mass is 196 g/mol. The second-order valence-electron chi connectivity index (χ2n) is 2.95. The van der Waals surface area contributed by atoms with Gasteiger partial charge in [0.05, 0.1) is 11.3 Å². The molecule has 1 aromatic heterocycles. The van der Waals surface area contributed by atoms with Crippen molar-refractivity contribution in [2.75, 3.05) is 5.73 Å². The molecule has 0 radical (unpaired) electrons. The van der Waals surface area contributed by atoms with Gasteiger partial charge < -0.3 is 5.73 Å². The summed E-state index contributed by atoms with van der Waals surface area (Å²) in [5, 5.41) is 8.82. The van der Waals surface area contributed by atoms with Crippen LogP contribution in [-0.4, -0.2) is 9.97 Å². The Morgan fingerprint density at radius 2 is 1.87 bits per heavy atom. The van der Waals surface area contributed by atoms with Gasteiger partial charge >= 0.3 is 0 Å². The summed E-state index contributed by atoms with van der Waals surface area (Å²) < 4.78 is 0. The minimum atomic E-state index is 0.422. The van der Waals surface area contributed by atoms with Gasteiger partial charge in [0.1, 0.15) is 6.07 Å². The largest absolute Gasteiger partial charge is 0.397 e. The maximum Gasteiger partial charge on any atom is 0.161 e. The highest BCUT2D eigenvalue weighted by Crippen LogP contribution is 2.24. The Balaban J connectivity index is 2.61. The summed E-state index contributed by atoms with van der Waals surface area (Å²) in [6.07, 6.45) is 3.28. The molecule has 1 heterocycles. The minimum absolute atomic E-state index is 0.422. The lowest BCUT2D eigenvalue weighted by Crippen LogP contribution is -1.96. The first-order chi connectivity index (χ1) is 7.33. The molecule has 1 aromatic carbocycles. The van der Waals surface area contributed by atoms with Gasteiger partial charge in [0.15, 0.2) is 5.82 Å². The van der Waals surface area contributed by atoms with Gasteiger partial charge in [0.25, 0.3) is 0 Å². The molecule has 0 saturated heterocycles. The third kappa shape index (κ3) is 1.63. The summed E-state index contributed by atoms with van der Waals surface area (Å²) >= 11 is 0. The molecule has 0 aliphatic heterocycles. The van der Waals surface area contributed by atoms with Crippen LogP contribution in [0.4, 0.5) is 5.69 Å². The van der Waals surface area contributed by atoms with Crippen molar-refractivity contribution in [3.63, 3.8) is 0 Å². The lowest BCUT2D eigenvalue weighted by molar-refractivity contribution is 1.18. The molecule has 0 saturated carbocycles. The Kier molecular flexibility index (Phi) is 2.30. The Labute approximate surface area is 87.0 Å². The first-order valence-corrected chi connectivity index (χ1v) is 4.39. The van der Waals surface area contributed by atoms with Crippen LogP contribution in [-0.2, 0) is 0 Å². The lowest BCUT2D eigenvalue weighted by Gasteiger charge is -2.04. The number of nitriles is 1. The molecule has 4 heteroatoms. The van der Waals surface area contributed by atoms with E-state index in [1.807, 2.05) is 6.07 Å². The van der Waals surface area contributed by atoms with Crippen LogP contribution >= 0.6 is 0 Å². The second-order valence-corrected chi connectivity index (χ2v) is 2.95. The van der Waals surface area contributed by atoms with Crippen LogP contribution in [0.5, 0.6) is 0 Å². The number of rotatable bonds is 1. The van der Waals surface area contributed by atoms with Crippen LogP contribution < -0.4 is 5.73 Å². The maximum absolute atomic E-state index is 8.82. The standard InChI is InChI=1S/C11H8N4/c12-7-8-3-1-4-9(10(8)13)11-14-5-2-6-15-11/h1-6H,13H2. The predicted molar refractivity (Wildman–Crippen MR) is 56.6 cm³/mol. The van der Waals surface area contributed by atoms with Crippen molar-refractivity contribution < 1.29 is 0 Å². The average molecular weight is 196 g/mol. The van der Waals surface area contributed by atoms with E-state index < -0.39 is 0 Å².